The second-order valence-corrected chi connectivity index (χ2v) is 6.47. The Labute approximate surface area is 155 Å². The summed E-state index contributed by atoms with van der Waals surface area (Å²) in [6, 6.07) is 18.8. The van der Waals surface area contributed by atoms with Crippen LogP contribution in [0.25, 0.3) is 0 Å². The molecule has 1 aromatic heterocycles. The maximum Gasteiger partial charge on any atom is 0.224 e. The molecule has 0 aliphatic carbocycles. The highest BCUT2D eigenvalue weighted by molar-refractivity contribution is 5.65. The highest BCUT2D eigenvalue weighted by Gasteiger charge is 2.07. The summed E-state index contributed by atoms with van der Waals surface area (Å²) in [5.74, 6) is 1.48. The molecule has 0 aliphatic heterocycles. The van der Waals surface area contributed by atoms with E-state index in [0.717, 1.165) is 36.6 Å². The standard InChI is InChI=1S/C22H26N4/c1-4-19-12-8-9-16(2)21(19)25-20-15-17(3)24-22(26-20)23-14-13-18-10-6-5-7-11-18/h5-12,15H,4,13-14H2,1-3H3,(H2,23,24,25,26). The van der Waals surface area contributed by atoms with Gasteiger partial charge in [-0.1, -0.05) is 55.5 Å². The zero-order valence-corrected chi connectivity index (χ0v) is 15.7. The van der Waals surface area contributed by atoms with Gasteiger partial charge in [-0.05, 0) is 43.4 Å². The fourth-order valence-electron chi connectivity index (χ4n) is 3.01. The minimum atomic E-state index is 0.662. The van der Waals surface area contributed by atoms with Crippen molar-refractivity contribution < 1.29 is 0 Å². The first-order valence-electron chi connectivity index (χ1n) is 9.14. The second kappa shape index (κ2) is 8.48. The summed E-state index contributed by atoms with van der Waals surface area (Å²) in [6.45, 7) is 7.08. The lowest BCUT2D eigenvalue weighted by atomic mass is 10.1. The lowest BCUT2D eigenvalue weighted by Gasteiger charge is -2.15. The molecule has 0 atom stereocenters. The van der Waals surface area contributed by atoms with E-state index in [4.69, 9.17) is 0 Å². The van der Waals surface area contributed by atoms with Crippen LogP contribution in [0, 0.1) is 13.8 Å². The second-order valence-electron chi connectivity index (χ2n) is 6.47. The van der Waals surface area contributed by atoms with Crippen molar-refractivity contribution in [1.82, 2.24) is 9.97 Å². The molecule has 0 saturated heterocycles. The molecular formula is C22H26N4. The Morgan fingerprint density at radius 1 is 0.923 bits per heavy atom. The van der Waals surface area contributed by atoms with Gasteiger partial charge in [-0.3, -0.25) is 0 Å². The number of anilines is 3. The quantitative estimate of drug-likeness (QED) is 0.628. The minimum absolute atomic E-state index is 0.662. The Morgan fingerprint density at radius 2 is 1.73 bits per heavy atom. The van der Waals surface area contributed by atoms with Crippen LogP contribution in [0.15, 0.2) is 54.6 Å². The number of benzene rings is 2. The predicted molar refractivity (Wildman–Crippen MR) is 109 cm³/mol. The largest absolute Gasteiger partial charge is 0.354 e. The number of nitrogens with zero attached hydrogens (tertiary/aromatic N) is 2. The van der Waals surface area contributed by atoms with E-state index in [-0.39, 0.29) is 0 Å². The third kappa shape index (κ3) is 4.60. The summed E-state index contributed by atoms with van der Waals surface area (Å²) in [7, 11) is 0. The van der Waals surface area contributed by atoms with Gasteiger partial charge >= 0.3 is 0 Å². The summed E-state index contributed by atoms with van der Waals surface area (Å²) in [4.78, 5) is 9.15. The number of aromatic nitrogens is 2. The number of aryl methyl sites for hydroxylation is 3. The molecule has 0 radical (unpaired) electrons. The molecule has 134 valence electrons. The van der Waals surface area contributed by atoms with E-state index in [2.05, 4.69) is 76.9 Å². The zero-order chi connectivity index (χ0) is 18.4. The topological polar surface area (TPSA) is 49.8 Å². The van der Waals surface area contributed by atoms with Gasteiger partial charge in [0.15, 0.2) is 0 Å². The van der Waals surface area contributed by atoms with Gasteiger partial charge in [-0.25, -0.2) is 4.98 Å². The van der Waals surface area contributed by atoms with E-state index < -0.39 is 0 Å². The van der Waals surface area contributed by atoms with Gasteiger partial charge in [0, 0.05) is 24.0 Å². The van der Waals surface area contributed by atoms with Gasteiger partial charge in [0.25, 0.3) is 0 Å². The van der Waals surface area contributed by atoms with Gasteiger partial charge in [0.1, 0.15) is 5.82 Å². The molecule has 0 bridgehead atoms. The molecule has 0 fully saturated rings. The average molecular weight is 346 g/mol. The first kappa shape index (κ1) is 17.9. The summed E-state index contributed by atoms with van der Waals surface area (Å²) in [6.07, 6.45) is 1.93. The molecule has 4 heteroatoms. The van der Waals surface area contributed by atoms with Crippen molar-refractivity contribution >= 4 is 17.5 Å². The molecule has 1 heterocycles. The Bertz CT molecular complexity index is 859. The van der Waals surface area contributed by atoms with Crippen LogP contribution in [0.2, 0.25) is 0 Å². The van der Waals surface area contributed by atoms with E-state index in [1.165, 1.54) is 16.7 Å². The van der Waals surface area contributed by atoms with Gasteiger partial charge in [-0.15, -0.1) is 0 Å². The lowest BCUT2D eigenvalue weighted by Crippen LogP contribution is -2.10. The molecule has 0 unspecified atom stereocenters. The van der Waals surface area contributed by atoms with Crippen molar-refractivity contribution in [3.63, 3.8) is 0 Å². The van der Waals surface area contributed by atoms with Crippen LogP contribution < -0.4 is 10.6 Å². The lowest BCUT2D eigenvalue weighted by molar-refractivity contribution is 0.975. The summed E-state index contributed by atoms with van der Waals surface area (Å²) in [5.41, 5.74) is 5.90. The molecule has 3 aromatic rings. The van der Waals surface area contributed by atoms with E-state index >= 15 is 0 Å². The molecule has 2 N–H and O–H groups in total. The van der Waals surface area contributed by atoms with E-state index in [1.54, 1.807) is 0 Å². The summed E-state index contributed by atoms with van der Waals surface area (Å²) >= 11 is 0. The first-order valence-corrected chi connectivity index (χ1v) is 9.14. The predicted octanol–water partition coefficient (Wildman–Crippen LogP) is 5.05. The Kier molecular flexibility index (Phi) is 5.84. The van der Waals surface area contributed by atoms with E-state index in [1.807, 2.05) is 19.1 Å². The van der Waals surface area contributed by atoms with Crippen LogP contribution in [-0.2, 0) is 12.8 Å². The normalized spacial score (nSPS) is 10.6. The van der Waals surface area contributed by atoms with Crippen molar-refractivity contribution in [3.05, 3.63) is 77.0 Å². The monoisotopic (exact) mass is 346 g/mol. The van der Waals surface area contributed by atoms with Gasteiger partial charge in [-0.2, -0.15) is 4.98 Å². The molecule has 2 aromatic carbocycles. The minimum Gasteiger partial charge on any atom is -0.354 e. The van der Waals surface area contributed by atoms with Crippen molar-refractivity contribution in [2.24, 2.45) is 0 Å². The number of rotatable bonds is 7. The fraction of sp³-hybridized carbons (Fsp3) is 0.273. The SMILES string of the molecule is CCc1cccc(C)c1Nc1cc(C)nc(NCCc2ccccc2)n1. The highest BCUT2D eigenvalue weighted by atomic mass is 15.1. The first-order chi connectivity index (χ1) is 12.7. The van der Waals surface area contributed by atoms with Gasteiger partial charge in [0.2, 0.25) is 5.95 Å². The number of hydrogen-bond acceptors (Lipinski definition) is 4. The smallest absolute Gasteiger partial charge is 0.224 e. The zero-order valence-electron chi connectivity index (χ0n) is 15.7. The van der Waals surface area contributed by atoms with Crippen LogP contribution >= 0.6 is 0 Å². The molecule has 0 amide bonds. The van der Waals surface area contributed by atoms with Crippen LogP contribution in [0.3, 0.4) is 0 Å². The summed E-state index contributed by atoms with van der Waals surface area (Å²) in [5, 5.41) is 6.83. The van der Waals surface area contributed by atoms with Gasteiger partial charge < -0.3 is 10.6 Å². The van der Waals surface area contributed by atoms with Crippen molar-refractivity contribution in [2.45, 2.75) is 33.6 Å². The van der Waals surface area contributed by atoms with Crippen LogP contribution in [0.5, 0.6) is 0 Å². The Morgan fingerprint density at radius 3 is 2.50 bits per heavy atom. The number of nitrogens with one attached hydrogen (secondary N) is 2. The molecule has 0 aliphatic rings. The summed E-state index contributed by atoms with van der Waals surface area (Å²) < 4.78 is 0. The highest BCUT2D eigenvalue weighted by Crippen LogP contribution is 2.25. The van der Waals surface area contributed by atoms with Gasteiger partial charge in [0.05, 0.1) is 0 Å². The maximum absolute atomic E-state index is 4.64. The fourth-order valence-corrected chi connectivity index (χ4v) is 3.01. The maximum atomic E-state index is 4.64. The van der Waals surface area contributed by atoms with Crippen LogP contribution in [0.1, 0.15) is 29.3 Å². The van der Waals surface area contributed by atoms with Crippen LogP contribution in [0.4, 0.5) is 17.5 Å². The van der Waals surface area contributed by atoms with E-state index in [0.29, 0.717) is 5.95 Å². The number of hydrogen-bond donors (Lipinski definition) is 2. The van der Waals surface area contributed by atoms with Crippen molar-refractivity contribution in [1.29, 1.82) is 0 Å². The average Bonchev–Trinajstić information content (AvgIpc) is 2.64. The van der Waals surface area contributed by atoms with E-state index in [9.17, 15) is 0 Å². The van der Waals surface area contributed by atoms with Crippen molar-refractivity contribution in [2.75, 3.05) is 17.2 Å². The van der Waals surface area contributed by atoms with Crippen LogP contribution in [-0.4, -0.2) is 16.5 Å². The number of para-hydroxylation sites is 1. The molecular weight excluding hydrogens is 320 g/mol. The van der Waals surface area contributed by atoms with Crippen molar-refractivity contribution in [3.8, 4) is 0 Å². The third-order valence-electron chi connectivity index (χ3n) is 4.39. The molecule has 0 saturated carbocycles. The third-order valence-corrected chi connectivity index (χ3v) is 4.39. The Hall–Kier alpha value is -2.88. The Balaban J connectivity index is 1.72. The molecule has 0 spiro atoms. The molecule has 4 nitrogen and oxygen atoms in total. The molecule has 3 rings (SSSR count). The molecule has 26 heavy (non-hydrogen) atoms.